The summed E-state index contributed by atoms with van der Waals surface area (Å²) in [5.74, 6) is 0. The number of aryl methyl sites for hydroxylation is 1. The molecule has 0 atom stereocenters. The maximum atomic E-state index is 8.56. The molecule has 0 fully saturated rings. The summed E-state index contributed by atoms with van der Waals surface area (Å²) >= 11 is 0. The molecule has 0 aliphatic rings. The van der Waals surface area contributed by atoms with E-state index < -0.39 is 0 Å². The first kappa shape index (κ1) is 9.54. The molecule has 0 unspecified atom stereocenters. The third-order valence-electron chi connectivity index (χ3n) is 2.04. The maximum absolute atomic E-state index is 8.56. The highest BCUT2D eigenvalue weighted by molar-refractivity contribution is 5.67. The summed E-state index contributed by atoms with van der Waals surface area (Å²) in [4.78, 5) is 0. The number of hydrogen-bond donors (Lipinski definition) is 0. The van der Waals surface area contributed by atoms with Crippen LogP contribution in [-0.4, -0.2) is 0 Å². The van der Waals surface area contributed by atoms with Crippen molar-refractivity contribution in [2.24, 2.45) is 0 Å². The van der Waals surface area contributed by atoms with Crippen molar-refractivity contribution in [3.8, 4) is 6.07 Å². The fourth-order valence-electron chi connectivity index (χ4n) is 1.24. The molecule has 1 heteroatoms. The van der Waals surface area contributed by atoms with Gasteiger partial charge in [0.1, 0.15) is 0 Å². The molecule has 66 valence electrons. The van der Waals surface area contributed by atoms with Gasteiger partial charge in [0.2, 0.25) is 0 Å². The molecule has 0 saturated carbocycles. The molecule has 1 aromatic rings. The molecule has 13 heavy (non-hydrogen) atoms. The van der Waals surface area contributed by atoms with E-state index in [4.69, 9.17) is 5.26 Å². The molecule has 0 aromatic heterocycles. The Hall–Kier alpha value is -1.55. The molecular formula is C12H13N. The molecule has 1 aromatic carbocycles. The van der Waals surface area contributed by atoms with E-state index in [1.165, 1.54) is 5.56 Å². The second-order valence-electron chi connectivity index (χ2n) is 3.02. The van der Waals surface area contributed by atoms with Gasteiger partial charge in [0.15, 0.2) is 0 Å². The van der Waals surface area contributed by atoms with E-state index in [0.717, 1.165) is 17.6 Å². The fourth-order valence-corrected chi connectivity index (χ4v) is 1.24. The van der Waals surface area contributed by atoms with Gasteiger partial charge in [-0.15, -0.1) is 0 Å². The molecule has 0 radical (unpaired) electrons. The van der Waals surface area contributed by atoms with E-state index in [1.807, 2.05) is 0 Å². The van der Waals surface area contributed by atoms with Crippen LogP contribution < -0.4 is 0 Å². The van der Waals surface area contributed by atoms with Crippen LogP contribution in [0.3, 0.4) is 0 Å². The van der Waals surface area contributed by atoms with Gasteiger partial charge >= 0.3 is 0 Å². The van der Waals surface area contributed by atoms with Gasteiger partial charge in [-0.3, -0.25) is 0 Å². The van der Waals surface area contributed by atoms with Crippen molar-refractivity contribution in [2.45, 2.75) is 20.3 Å². The number of nitriles is 1. The van der Waals surface area contributed by atoms with E-state index in [9.17, 15) is 0 Å². The molecule has 0 bridgehead atoms. The third-order valence-corrected chi connectivity index (χ3v) is 2.04. The molecular weight excluding hydrogens is 158 g/mol. The largest absolute Gasteiger partial charge is 0.193 e. The van der Waals surface area contributed by atoms with Crippen LogP contribution in [0.25, 0.3) is 5.57 Å². The van der Waals surface area contributed by atoms with Crippen LogP contribution in [-0.2, 0) is 0 Å². The highest BCUT2D eigenvalue weighted by atomic mass is 14.2. The predicted octanol–water partition coefficient (Wildman–Crippen LogP) is 3.31. The minimum Gasteiger partial charge on any atom is -0.193 e. The molecule has 0 saturated heterocycles. The zero-order valence-corrected chi connectivity index (χ0v) is 8.04. The van der Waals surface area contributed by atoms with Crippen molar-refractivity contribution in [2.75, 3.05) is 0 Å². The number of rotatable bonds is 2. The average Bonchev–Trinajstić information content (AvgIpc) is 2.16. The van der Waals surface area contributed by atoms with Crippen molar-refractivity contribution >= 4 is 5.57 Å². The first-order chi connectivity index (χ1) is 6.27. The number of benzene rings is 1. The molecule has 0 heterocycles. The van der Waals surface area contributed by atoms with Crippen LogP contribution in [0.5, 0.6) is 0 Å². The lowest BCUT2D eigenvalue weighted by atomic mass is 10.0. The third kappa shape index (κ3) is 2.45. The number of hydrogen-bond acceptors (Lipinski definition) is 1. The Bertz CT molecular complexity index is 338. The van der Waals surface area contributed by atoms with Gasteiger partial charge in [0, 0.05) is 6.08 Å². The van der Waals surface area contributed by atoms with Gasteiger partial charge < -0.3 is 0 Å². The van der Waals surface area contributed by atoms with Crippen molar-refractivity contribution in [1.29, 1.82) is 5.26 Å². The van der Waals surface area contributed by atoms with Gasteiger partial charge in [0.05, 0.1) is 6.07 Å². The highest BCUT2D eigenvalue weighted by Crippen LogP contribution is 2.17. The van der Waals surface area contributed by atoms with Crippen LogP contribution >= 0.6 is 0 Å². The smallest absolute Gasteiger partial charge is 0.0915 e. The Labute approximate surface area is 79.3 Å². The summed E-state index contributed by atoms with van der Waals surface area (Å²) in [6.45, 7) is 4.12. The van der Waals surface area contributed by atoms with Crippen LogP contribution in [0.1, 0.15) is 24.5 Å². The van der Waals surface area contributed by atoms with E-state index in [2.05, 4.69) is 44.2 Å². The quantitative estimate of drug-likeness (QED) is 0.626. The molecule has 0 spiro atoms. The minimum atomic E-state index is 0.899. The zero-order chi connectivity index (χ0) is 9.68. The summed E-state index contributed by atoms with van der Waals surface area (Å²) in [7, 11) is 0. The molecule has 0 amide bonds. The van der Waals surface area contributed by atoms with Crippen LogP contribution in [0, 0.1) is 18.3 Å². The SMILES string of the molecule is CC/C(=C/C#N)c1ccc(C)cc1. The maximum Gasteiger partial charge on any atom is 0.0915 e. The van der Waals surface area contributed by atoms with Crippen LogP contribution in [0.4, 0.5) is 0 Å². The standard InChI is InChI=1S/C12H13N/c1-3-11(8-9-13)12-6-4-10(2)5-7-12/h4-8H,3H2,1-2H3/b11-8-. The van der Waals surface area contributed by atoms with Gasteiger partial charge in [-0.2, -0.15) is 5.26 Å². The minimum absolute atomic E-state index is 0.899. The summed E-state index contributed by atoms with van der Waals surface area (Å²) in [5.41, 5.74) is 3.49. The number of allylic oxidation sites excluding steroid dienone is 2. The molecule has 0 aliphatic heterocycles. The Morgan fingerprint density at radius 3 is 2.46 bits per heavy atom. The van der Waals surface area contributed by atoms with Crippen molar-refractivity contribution < 1.29 is 0 Å². The average molecular weight is 171 g/mol. The Kier molecular flexibility index (Phi) is 3.28. The Balaban J connectivity index is 3.01. The Morgan fingerprint density at radius 2 is 2.00 bits per heavy atom. The topological polar surface area (TPSA) is 23.8 Å². The molecule has 0 aliphatic carbocycles. The predicted molar refractivity (Wildman–Crippen MR) is 55.1 cm³/mol. The Morgan fingerprint density at radius 1 is 1.38 bits per heavy atom. The lowest BCUT2D eigenvalue weighted by molar-refractivity contribution is 1.24. The van der Waals surface area contributed by atoms with E-state index in [-0.39, 0.29) is 0 Å². The van der Waals surface area contributed by atoms with Gasteiger partial charge in [0.25, 0.3) is 0 Å². The zero-order valence-electron chi connectivity index (χ0n) is 8.04. The van der Waals surface area contributed by atoms with Gasteiger partial charge in [-0.25, -0.2) is 0 Å². The van der Waals surface area contributed by atoms with E-state index in [0.29, 0.717) is 0 Å². The first-order valence-corrected chi connectivity index (χ1v) is 4.43. The molecule has 1 rings (SSSR count). The summed E-state index contributed by atoms with van der Waals surface area (Å²) in [5, 5.41) is 8.56. The van der Waals surface area contributed by atoms with Crippen LogP contribution in [0.15, 0.2) is 30.3 Å². The van der Waals surface area contributed by atoms with Crippen molar-refractivity contribution in [3.05, 3.63) is 41.5 Å². The fraction of sp³-hybridized carbons (Fsp3) is 0.250. The molecule has 0 N–H and O–H groups in total. The summed E-state index contributed by atoms with van der Waals surface area (Å²) in [6, 6.07) is 10.3. The second-order valence-corrected chi connectivity index (χ2v) is 3.02. The number of nitrogens with zero attached hydrogens (tertiary/aromatic N) is 1. The van der Waals surface area contributed by atoms with Crippen LogP contribution in [0.2, 0.25) is 0 Å². The lowest BCUT2D eigenvalue weighted by Crippen LogP contribution is -1.82. The monoisotopic (exact) mass is 171 g/mol. The first-order valence-electron chi connectivity index (χ1n) is 4.43. The summed E-state index contributed by atoms with van der Waals surface area (Å²) < 4.78 is 0. The molecule has 1 nitrogen and oxygen atoms in total. The highest BCUT2D eigenvalue weighted by Gasteiger charge is 1.97. The van der Waals surface area contributed by atoms with E-state index >= 15 is 0 Å². The second kappa shape index (κ2) is 4.47. The van der Waals surface area contributed by atoms with Crippen molar-refractivity contribution in [1.82, 2.24) is 0 Å². The van der Waals surface area contributed by atoms with Gasteiger partial charge in [-0.05, 0) is 24.5 Å². The van der Waals surface area contributed by atoms with Crippen molar-refractivity contribution in [3.63, 3.8) is 0 Å². The normalized spacial score (nSPS) is 11.0. The van der Waals surface area contributed by atoms with E-state index in [1.54, 1.807) is 6.08 Å². The van der Waals surface area contributed by atoms with Gasteiger partial charge in [-0.1, -0.05) is 36.8 Å². The lowest BCUT2D eigenvalue weighted by Gasteiger charge is -2.02. The summed E-state index contributed by atoms with van der Waals surface area (Å²) in [6.07, 6.45) is 2.52.